The molecule has 0 aliphatic heterocycles. The molecule has 0 spiro atoms. The SMILES string of the molecule is Nn1cnn(-c2cc(Cl)cc(Cl)c2)c1=O. The molecule has 0 unspecified atom stereocenters. The van der Waals surface area contributed by atoms with Gasteiger partial charge in [0, 0.05) is 10.0 Å². The number of aromatic nitrogens is 3. The van der Waals surface area contributed by atoms with E-state index in [0.29, 0.717) is 15.7 Å². The quantitative estimate of drug-likeness (QED) is 0.763. The fourth-order valence-electron chi connectivity index (χ4n) is 1.15. The molecule has 1 aromatic heterocycles. The molecular formula is C8H6Cl2N4O. The molecular weight excluding hydrogens is 239 g/mol. The van der Waals surface area contributed by atoms with Crippen LogP contribution in [0.3, 0.4) is 0 Å². The van der Waals surface area contributed by atoms with Crippen molar-refractivity contribution in [2.24, 2.45) is 0 Å². The van der Waals surface area contributed by atoms with Crippen LogP contribution in [-0.4, -0.2) is 14.5 Å². The molecule has 0 aliphatic carbocycles. The van der Waals surface area contributed by atoms with E-state index >= 15 is 0 Å². The van der Waals surface area contributed by atoms with Crippen LogP contribution in [0.4, 0.5) is 0 Å². The van der Waals surface area contributed by atoms with Crippen molar-refractivity contribution in [3.05, 3.63) is 45.1 Å². The molecule has 15 heavy (non-hydrogen) atoms. The van der Waals surface area contributed by atoms with E-state index in [2.05, 4.69) is 5.10 Å². The molecule has 1 heterocycles. The molecule has 2 N–H and O–H groups in total. The van der Waals surface area contributed by atoms with Crippen molar-refractivity contribution in [1.82, 2.24) is 14.5 Å². The Balaban J connectivity index is 2.64. The molecule has 0 fully saturated rings. The molecule has 2 aromatic rings. The molecule has 1 aromatic carbocycles. The zero-order chi connectivity index (χ0) is 11.0. The van der Waals surface area contributed by atoms with Gasteiger partial charge in [-0.1, -0.05) is 23.2 Å². The van der Waals surface area contributed by atoms with Crippen LogP contribution in [0.2, 0.25) is 10.0 Å². The van der Waals surface area contributed by atoms with Gasteiger partial charge in [-0.25, -0.2) is 4.79 Å². The average Bonchev–Trinajstić information content (AvgIpc) is 2.46. The van der Waals surface area contributed by atoms with Crippen LogP contribution < -0.4 is 11.5 Å². The summed E-state index contributed by atoms with van der Waals surface area (Å²) in [6, 6.07) is 4.71. The number of nitrogen functional groups attached to an aromatic ring is 1. The third-order valence-electron chi connectivity index (χ3n) is 1.79. The summed E-state index contributed by atoms with van der Waals surface area (Å²) in [5.74, 6) is 5.31. The zero-order valence-corrected chi connectivity index (χ0v) is 8.90. The van der Waals surface area contributed by atoms with Crippen molar-refractivity contribution in [3.63, 3.8) is 0 Å². The van der Waals surface area contributed by atoms with Crippen LogP contribution >= 0.6 is 23.2 Å². The number of benzene rings is 1. The van der Waals surface area contributed by atoms with E-state index < -0.39 is 5.69 Å². The van der Waals surface area contributed by atoms with Crippen LogP contribution in [0.1, 0.15) is 0 Å². The first-order valence-corrected chi connectivity index (χ1v) is 4.72. The lowest BCUT2D eigenvalue weighted by molar-refractivity contribution is 0.821. The molecule has 2 rings (SSSR count). The highest BCUT2D eigenvalue weighted by molar-refractivity contribution is 6.34. The highest BCUT2D eigenvalue weighted by Crippen LogP contribution is 2.20. The number of nitrogens with zero attached hydrogens (tertiary/aromatic N) is 3. The normalized spacial score (nSPS) is 10.5. The Morgan fingerprint density at radius 1 is 1.20 bits per heavy atom. The predicted molar refractivity (Wildman–Crippen MR) is 58.0 cm³/mol. The van der Waals surface area contributed by atoms with Gasteiger partial charge in [-0.15, -0.1) is 0 Å². The second-order valence-electron chi connectivity index (χ2n) is 2.86. The highest BCUT2D eigenvalue weighted by Gasteiger charge is 2.06. The summed E-state index contributed by atoms with van der Waals surface area (Å²) in [6.45, 7) is 0. The first-order valence-electron chi connectivity index (χ1n) is 3.96. The lowest BCUT2D eigenvalue weighted by Crippen LogP contribution is -2.28. The van der Waals surface area contributed by atoms with Crippen molar-refractivity contribution in [2.45, 2.75) is 0 Å². The summed E-state index contributed by atoms with van der Waals surface area (Å²) in [4.78, 5) is 11.4. The fourth-order valence-corrected chi connectivity index (χ4v) is 1.67. The molecule has 0 amide bonds. The fraction of sp³-hybridized carbons (Fsp3) is 0. The predicted octanol–water partition coefficient (Wildman–Crippen LogP) is 1.05. The van der Waals surface area contributed by atoms with Gasteiger partial charge in [0.25, 0.3) is 0 Å². The lowest BCUT2D eigenvalue weighted by atomic mass is 10.3. The molecule has 7 heteroatoms. The Kier molecular flexibility index (Phi) is 2.42. The van der Waals surface area contributed by atoms with Crippen molar-refractivity contribution in [2.75, 3.05) is 5.84 Å². The van der Waals surface area contributed by atoms with Crippen molar-refractivity contribution in [3.8, 4) is 5.69 Å². The van der Waals surface area contributed by atoms with Crippen LogP contribution in [0.25, 0.3) is 5.69 Å². The van der Waals surface area contributed by atoms with Gasteiger partial charge in [0.15, 0.2) is 0 Å². The summed E-state index contributed by atoms with van der Waals surface area (Å²) in [5, 5.41) is 4.65. The van der Waals surface area contributed by atoms with Gasteiger partial charge in [0.2, 0.25) is 0 Å². The highest BCUT2D eigenvalue weighted by atomic mass is 35.5. The molecule has 0 bridgehead atoms. The molecule has 0 aliphatic rings. The van der Waals surface area contributed by atoms with Gasteiger partial charge in [0.1, 0.15) is 6.33 Å². The van der Waals surface area contributed by atoms with Gasteiger partial charge in [-0.05, 0) is 18.2 Å². The molecule has 0 saturated heterocycles. The van der Waals surface area contributed by atoms with Crippen LogP contribution in [0.5, 0.6) is 0 Å². The van der Waals surface area contributed by atoms with E-state index in [-0.39, 0.29) is 0 Å². The Morgan fingerprint density at radius 2 is 1.80 bits per heavy atom. The maximum Gasteiger partial charge on any atom is 0.369 e. The van der Waals surface area contributed by atoms with Crippen molar-refractivity contribution < 1.29 is 0 Å². The van der Waals surface area contributed by atoms with Crippen molar-refractivity contribution >= 4 is 23.2 Å². The summed E-state index contributed by atoms with van der Waals surface area (Å²) in [5.41, 5.74) is 0.00929. The van der Waals surface area contributed by atoms with Gasteiger partial charge < -0.3 is 5.84 Å². The molecule has 0 radical (unpaired) electrons. The maximum atomic E-state index is 11.4. The Labute approximate surface area is 94.6 Å². The first kappa shape index (κ1) is 10.1. The summed E-state index contributed by atoms with van der Waals surface area (Å²) in [7, 11) is 0. The van der Waals surface area contributed by atoms with Gasteiger partial charge in [-0.2, -0.15) is 14.5 Å². The Hall–Kier alpha value is -1.46. The van der Waals surface area contributed by atoms with E-state index in [1.165, 1.54) is 6.33 Å². The topological polar surface area (TPSA) is 65.8 Å². The molecule has 78 valence electrons. The molecule has 0 atom stereocenters. The Morgan fingerprint density at radius 3 is 2.27 bits per heavy atom. The minimum absolute atomic E-state index is 0.427. The van der Waals surface area contributed by atoms with Crippen LogP contribution in [0, 0.1) is 0 Å². The molecule has 0 saturated carbocycles. The number of hydrogen-bond donors (Lipinski definition) is 1. The standard InChI is InChI=1S/C8H6Cl2N4O/c9-5-1-6(10)3-7(2-5)14-8(15)13(11)4-12-14/h1-4H,11H2. The lowest BCUT2D eigenvalue weighted by Gasteiger charge is -2.00. The van der Waals surface area contributed by atoms with Gasteiger partial charge >= 0.3 is 5.69 Å². The minimum atomic E-state index is -0.465. The van der Waals surface area contributed by atoms with Crippen molar-refractivity contribution in [1.29, 1.82) is 0 Å². The monoisotopic (exact) mass is 244 g/mol. The zero-order valence-electron chi connectivity index (χ0n) is 7.39. The Bertz CT molecular complexity index is 540. The molecule has 5 nitrogen and oxygen atoms in total. The summed E-state index contributed by atoms with van der Waals surface area (Å²) < 4.78 is 1.98. The van der Waals surface area contributed by atoms with E-state index in [1.54, 1.807) is 18.2 Å². The summed E-state index contributed by atoms with van der Waals surface area (Å²) in [6.07, 6.45) is 1.21. The number of halogens is 2. The first-order chi connectivity index (χ1) is 7.08. The van der Waals surface area contributed by atoms with E-state index in [4.69, 9.17) is 29.0 Å². The number of nitrogens with two attached hydrogens (primary N) is 1. The van der Waals surface area contributed by atoms with Crippen LogP contribution in [0.15, 0.2) is 29.3 Å². The van der Waals surface area contributed by atoms with E-state index in [1.807, 2.05) is 0 Å². The largest absolute Gasteiger partial charge is 0.369 e. The number of rotatable bonds is 1. The van der Waals surface area contributed by atoms with E-state index in [9.17, 15) is 4.79 Å². The smallest absolute Gasteiger partial charge is 0.334 e. The second-order valence-corrected chi connectivity index (χ2v) is 3.73. The third kappa shape index (κ3) is 1.84. The second kappa shape index (κ2) is 3.60. The van der Waals surface area contributed by atoms with Gasteiger partial charge in [-0.3, -0.25) is 0 Å². The summed E-state index contributed by atoms with van der Waals surface area (Å²) >= 11 is 11.6. The minimum Gasteiger partial charge on any atom is -0.334 e. The number of hydrogen-bond acceptors (Lipinski definition) is 3. The van der Waals surface area contributed by atoms with Gasteiger partial charge in [0.05, 0.1) is 5.69 Å². The van der Waals surface area contributed by atoms with Crippen LogP contribution in [-0.2, 0) is 0 Å². The average molecular weight is 245 g/mol. The maximum absolute atomic E-state index is 11.4. The third-order valence-corrected chi connectivity index (χ3v) is 2.22. The van der Waals surface area contributed by atoms with E-state index in [0.717, 1.165) is 9.36 Å².